The second-order valence-corrected chi connectivity index (χ2v) is 13.4. The van der Waals surface area contributed by atoms with Crippen molar-refractivity contribution < 1.29 is 28.7 Å². The highest BCUT2D eigenvalue weighted by atomic mass is 16.5. The van der Waals surface area contributed by atoms with Crippen LogP contribution in [0.5, 0.6) is 0 Å². The SMILES string of the molecule is C#CN(c1ccc(C(=O)NCCCC(=O)NCCCC(=O)OCCCC)cc1)C1CCc2cc3nc(COC(=O)C(C)(C)C)[nH]c(=O)c3cc21. The Morgan fingerprint density at radius 1 is 1.02 bits per heavy atom. The van der Waals surface area contributed by atoms with Gasteiger partial charge in [0.25, 0.3) is 11.5 Å². The van der Waals surface area contributed by atoms with Gasteiger partial charge in [0, 0.05) is 43.2 Å². The molecule has 266 valence electrons. The summed E-state index contributed by atoms with van der Waals surface area (Å²) in [5.74, 6) is -0.757. The summed E-state index contributed by atoms with van der Waals surface area (Å²) in [6.07, 6.45) is 10.8. The standard InChI is InChI=1S/C38H47N5O7/c1-6-8-21-49-34(45)12-10-19-39-33(44)11-9-20-40-35(46)25-13-16-27(17-14-25)43(7-2)31-18-15-26-22-30-29(23-28(26)31)36(47)42-32(41-30)24-50-37(48)38(3,4)5/h2,13-14,16-17,22-23,31H,6,8-12,15,18-21,24H2,1,3-5H3,(H,39,44)(H,40,46)(H,41,42,47). The summed E-state index contributed by atoms with van der Waals surface area (Å²) in [4.78, 5) is 70.8. The van der Waals surface area contributed by atoms with E-state index in [9.17, 15) is 24.0 Å². The Bertz CT molecular complexity index is 1790. The number of carbonyl (C=O) groups excluding carboxylic acids is 4. The van der Waals surface area contributed by atoms with Crippen LogP contribution in [-0.4, -0.2) is 53.4 Å². The van der Waals surface area contributed by atoms with E-state index in [4.69, 9.17) is 15.9 Å². The van der Waals surface area contributed by atoms with Crippen LogP contribution in [0.2, 0.25) is 0 Å². The Balaban J connectivity index is 1.28. The average molecular weight is 686 g/mol. The highest BCUT2D eigenvalue weighted by Crippen LogP contribution is 2.39. The van der Waals surface area contributed by atoms with Crippen molar-refractivity contribution in [3.8, 4) is 12.5 Å². The van der Waals surface area contributed by atoms with E-state index in [1.165, 1.54) is 0 Å². The number of nitrogens with zero attached hydrogens (tertiary/aromatic N) is 2. The molecule has 2 aromatic carbocycles. The Morgan fingerprint density at radius 3 is 2.44 bits per heavy atom. The number of esters is 2. The first-order valence-corrected chi connectivity index (χ1v) is 17.2. The van der Waals surface area contributed by atoms with Gasteiger partial charge in [0.05, 0.1) is 29.0 Å². The third-order valence-electron chi connectivity index (χ3n) is 8.38. The van der Waals surface area contributed by atoms with E-state index in [1.807, 2.05) is 19.1 Å². The lowest BCUT2D eigenvalue weighted by Gasteiger charge is -2.26. The topological polar surface area (TPSA) is 160 Å². The van der Waals surface area contributed by atoms with Gasteiger partial charge in [-0.05, 0) is 100 Å². The minimum atomic E-state index is -0.668. The normalized spacial score (nSPS) is 13.6. The minimum Gasteiger partial charge on any atom is -0.466 e. The zero-order valence-corrected chi connectivity index (χ0v) is 29.4. The number of aromatic amines is 1. The zero-order valence-electron chi connectivity index (χ0n) is 29.4. The number of rotatable bonds is 16. The van der Waals surface area contributed by atoms with Crippen molar-refractivity contribution in [2.24, 2.45) is 5.41 Å². The number of H-pyrrole nitrogens is 1. The summed E-state index contributed by atoms with van der Waals surface area (Å²) in [7, 11) is 0. The third-order valence-corrected chi connectivity index (χ3v) is 8.38. The fourth-order valence-electron chi connectivity index (χ4n) is 5.58. The summed E-state index contributed by atoms with van der Waals surface area (Å²) in [5, 5.41) is 6.05. The molecule has 2 amide bonds. The van der Waals surface area contributed by atoms with Crippen molar-refractivity contribution >= 4 is 40.3 Å². The molecule has 0 radical (unpaired) electrons. The quantitative estimate of drug-likeness (QED) is 0.0830. The Hall–Kier alpha value is -5.18. The van der Waals surface area contributed by atoms with Crippen LogP contribution in [0, 0.1) is 17.9 Å². The van der Waals surface area contributed by atoms with Gasteiger partial charge in [-0.3, -0.25) is 28.9 Å². The smallest absolute Gasteiger partial charge is 0.311 e. The molecule has 0 spiro atoms. The number of fused-ring (bicyclic) bond motifs is 2. The van der Waals surface area contributed by atoms with Gasteiger partial charge in [-0.25, -0.2) is 4.98 Å². The number of aryl methyl sites for hydroxylation is 1. The molecule has 1 aromatic heterocycles. The minimum absolute atomic E-state index is 0.127. The Kier molecular flexibility index (Phi) is 13.1. The maximum absolute atomic E-state index is 13.0. The van der Waals surface area contributed by atoms with Crippen LogP contribution in [0.4, 0.5) is 5.69 Å². The first-order chi connectivity index (χ1) is 23.9. The molecule has 0 saturated carbocycles. The number of hydrogen-bond donors (Lipinski definition) is 3. The van der Waals surface area contributed by atoms with E-state index < -0.39 is 5.41 Å². The van der Waals surface area contributed by atoms with Crippen molar-refractivity contribution in [1.29, 1.82) is 0 Å². The molecule has 4 rings (SSSR count). The predicted octanol–water partition coefficient (Wildman–Crippen LogP) is 4.85. The first-order valence-electron chi connectivity index (χ1n) is 17.2. The molecule has 0 aliphatic heterocycles. The molecular weight excluding hydrogens is 638 g/mol. The second kappa shape index (κ2) is 17.5. The van der Waals surface area contributed by atoms with Gasteiger partial charge in [-0.15, -0.1) is 0 Å². The molecule has 1 aliphatic rings. The third kappa shape index (κ3) is 10.2. The number of hydrogen-bond acceptors (Lipinski definition) is 9. The van der Waals surface area contributed by atoms with Crippen LogP contribution < -0.4 is 21.1 Å². The van der Waals surface area contributed by atoms with Gasteiger partial charge >= 0.3 is 11.9 Å². The van der Waals surface area contributed by atoms with E-state index in [-0.39, 0.29) is 60.6 Å². The fraction of sp³-hybridized carbons (Fsp3) is 0.474. The lowest BCUT2D eigenvalue weighted by molar-refractivity contribution is -0.154. The van der Waals surface area contributed by atoms with Crippen LogP contribution >= 0.6 is 0 Å². The zero-order chi connectivity index (χ0) is 36.3. The van der Waals surface area contributed by atoms with Gasteiger partial charge in [0.2, 0.25) is 5.91 Å². The summed E-state index contributed by atoms with van der Waals surface area (Å²) in [5.41, 5.74) is 2.69. The van der Waals surface area contributed by atoms with Crippen LogP contribution in [0.3, 0.4) is 0 Å². The van der Waals surface area contributed by atoms with Crippen LogP contribution in [0.1, 0.15) is 106 Å². The highest BCUT2D eigenvalue weighted by Gasteiger charge is 2.29. The van der Waals surface area contributed by atoms with Crippen molar-refractivity contribution in [2.45, 2.75) is 91.7 Å². The maximum atomic E-state index is 13.0. The molecule has 0 fully saturated rings. The van der Waals surface area contributed by atoms with E-state index in [0.717, 1.165) is 42.5 Å². The Labute approximate surface area is 292 Å². The van der Waals surface area contributed by atoms with Crippen molar-refractivity contribution in [1.82, 2.24) is 20.6 Å². The van der Waals surface area contributed by atoms with Crippen LogP contribution in [0.25, 0.3) is 10.9 Å². The summed E-state index contributed by atoms with van der Waals surface area (Å²) in [6, 6.07) is 13.3. The van der Waals surface area contributed by atoms with Gasteiger partial charge < -0.3 is 25.1 Å². The molecule has 1 aliphatic carbocycles. The lowest BCUT2D eigenvalue weighted by atomic mass is 9.97. The number of anilines is 1. The number of carbonyl (C=O) groups is 4. The number of benzene rings is 2. The Morgan fingerprint density at radius 2 is 1.74 bits per heavy atom. The van der Waals surface area contributed by atoms with Crippen molar-refractivity contribution in [3.63, 3.8) is 0 Å². The maximum Gasteiger partial charge on any atom is 0.311 e. The molecular formula is C38H47N5O7. The summed E-state index contributed by atoms with van der Waals surface area (Å²) >= 11 is 0. The van der Waals surface area contributed by atoms with E-state index in [2.05, 4.69) is 26.6 Å². The number of ether oxygens (including phenoxy) is 2. The number of terminal acetylenes is 1. The van der Waals surface area contributed by atoms with Gasteiger partial charge in [-0.1, -0.05) is 19.8 Å². The lowest BCUT2D eigenvalue weighted by Crippen LogP contribution is -2.28. The highest BCUT2D eigenvalue weighted by molar-refractivity contribution is 5.94. The van der Waals surface area contributed by atoms with Gasteiger partial charge in [0.1, 0.15) is 12.4 Å². The summed E-state index contributed by atoms with van der Waals surface area (Å²) in [6.45, 7) is 8.33. The average Bonchev–Trinajstić information content (AvgIpc) is 3.49. The molecule has 1 atom stereocenters. The molecule has 3 N–H and O–H groups in total. The van der Waals surface area contributed by atoms with Crippen LogP contribution in [-0.2, 0) is 36.9 Å². The van der Waals surface area contributed by atoms with E-state index in [1.54, 1.807) is 49.9 Å². The van der Waals surface area contributed by atoms with Crippen molar-refractivity contribution in [2.75, 3.05) is 24.6 Å². The monoisotopic (exact) mass is 685 g/mol. The molecule has 1 heterocycles. The molecule has 12 nitrogen and oxygen atoms in total. The number of aromatic nitrogens is 2. The number of unbranched alkanes of at least 4 members (excludes halogenated alkanes) is 1. The van der Waals surface area contributed by atoms with Gasteiger partial charge in [0.15, 0.2) is 0 Å². The predicted molar refractivity (Wildman–Crippen MR) is 190 cm³/mol. The second-order valence-electron chi connectivity index (χ2n) is 13.4. The molecule has 12 heteroatoms. The number of nitrogens with one attached hydrogen (secondary N) is 3. The molecule has 50 heavy (non-hydrogen) atoms. The van der Waals surface area contributed by atoms with E-state index >= 15 is 0 Å². The van der Waals surface area contributed by atoms with Gasteiger partial charge in [-0.2, -0.15) is 0 Å². The molecule has 0 bridgehead atoms. The fourth-order valence-corrected chi connectivity index (χ4v) is 5.58. The van der Waals surface area contributed by atoms with Crippen LogP contribution in [0.15, 0.2) is 41.2 Å². The number of amides is 2. The molecule has 0 saturated heterocycles. The van der Waals surface area contributed by atoms with E-state index in [0.29, 0.717) is 49.0 Å². The van der Waals surface area contributed by atoms with Crippen molar-refractivity contribution in [3.05, 3.63) is 69.3 Å². The largest absolute Gasteiger partial charge is 0.466 e. The molecule has 3 aromatic rings. The first kappa shape index (κ1) is 37.6. The molecule has 1 unspecified atom stereocenters. The summed E-state index contributed by atoms with van der Waals surface area (Å²) < 4.78 is 10.4.